The van der Waals surface area contributed by atoms with Crippen molar-refractivity contribution in [2.45, 2.75) is 6.61 Å². The van der Waals surface area contributed by atoms with Crippen molar-refractivity contribution in [3.05, 3.63) is 17.5 Å². The molecule has 1 aliphatic rings. The number of amides is 1. The molecule has 1 amide bonds. The van der Waals surface area contributed by atoms with Crippen LogP contribution < -0.4 is 10.6 Å². The highest BCUT2D eigenvalue weighted by atomic mass is 35.5. The molecule has 1 aromatic rings. The average molecular weight is 305 g/mol. The molecule has 2 N–H and O–H groups in total. The number of ether oxygens (including phenoxy) is 1. The first-order valence-corrected chi connectivity index (χ1v) is 6.45. The van der Waals surface area contributed by atoms with E-state index in [9.17, 15) is 4.79 Å². The predicted octanol–water partition coefficient (Wildman–Crippen LogP) is -0.122. The molecule has 0 bridgehead atoms. The smallest absolute Gasteiger partial charge is 0.273 e. The van der Waals surface area contributed by atoms with Gasteiger partial charge < -0.3 is 19.9 Å². The summed E-state index contributed by atoms with van der Waals surface area (Å²) < 4.78 is 9.87. The lowest BCUT2D eigenvalue weighted by Gasteiger charge is -2.26. The van der Waals surface area contributed by atoms with Gasteiger partial charge in [0.05, 0.1) is 0 Å². The van der Waals surface area contributed by atoms with Crippen molar-refractivity contribution in [3.63, 3.8) is 0 Å². The zero-order chi connectivity index (χ0) is 13.5. The minimum absolute atomic E-state index is 0. The fourth-order valence-corrected chi connectivity index (χ4v) is 1.98. The highest BCUT2D eigenvalue weighted by Crippen LogP contribution is 2.04. The molecule has 1 saturated heterocycles. The van der Waals surface area contributed by atoms with Crippen LogP contribution in [0.4, 0.5) is 0 Å². The van der Waals surface area contributed by atoms with Crippen LogP contribution in [0.15, 0.2) is 10.6 Å². The van der Waals surface area contributed by atoms with Gasteiger partial charge in [-0.05, 0) is 0 Å². The Labute approximate surface area is 124 Å². The summed E-state index contributed by atoms with van der Waals surface area (Å²) in [7, 11) is 1.57. The lowest BCUT2D eigenvalue weighted by molar-refractivity contribution is 0.0937. The molecular formula is C12H21ClN4O3. The summed E-state index contributed by atoms with van der Waals surface area (Å²) in [5.41, 5.74) is 0.298. The van der Waals surface area contributed by atoms with E-state index >= 15 is 0 Å². The number of rotatable bonds is 6. The first kappa shape index (κ1) is 16.9. The molecule has 0 aromatic carbocycles. The first-order chi connectivity index (χ1) is 9.29. The van der Waals surface area contributed by atoms with Gasteiger partial charge >= 0.3 is 0 Å². The van der Waals surface area contributed by atoms with Crippen LogP contribution in [-0.2, 0) is 11.3 Å². The second-order valence-corrected chi connectivity index (χ2v) is 4.46. The molecule has 7 nitrogen and oxygen atoms in total. The van der Waals surface area contributed by atoms with Crippen LogP contribution in [0.25, 0.3) is 0 Å². The van der Waals surface area contributed by atoms with Crippen molar-refractivity contribution < 1.29 is 14.1 Å². The highest BCUT2D eigenvalue weighted by Gasteiger charge is 2.13. The molecule has 1 aromatic heterocycles. The summed E-state index contributed by atoms with van der Waals surface area (Å²) in [6.07, 6.45) is 0. The fraction of sp³-hybridized carbons (Fsp3) is 0.667. The summed E-state index contributed by atoms with van der Waals surface area (Å²) in [5, 5.41) is 9.84. The zero-order valence-electron chi connectivity index (χ0n) is 11.6. The molecule has 2 rings (SSSR count). The van der Waals surface area contributed by atoms with Crippen molar-refractivity contribution in [3.8, 4) is 0 Å². The van der Waals surface area contributed by atoms with E-state index in [-0.39, 0.29) is 18.3 Å². The van der Waals surface area contributed by atoms with Gasteiger partial charge in [-0.1, -0.05) is 5.16 Å². The Hall–Kier alpha value is -1.15. The molecule has 1 aliphatic heterocycles. The van der Waals surface area contributed by atoms with Crippen LogP contribution in [-0.4, -0.2) is 62.3 Å². The van der Waals surface area contributed by atoms with E-state index in [1.54, 1.807) is 13.2 Å². The Bertz CT molecular complexity index is 407. The summed E-state index contributed by atoms with van der Waals surface area (Å²) >= 11 is 0. The van der Waals surface area contributed by atoms with Crippen LogP contribution in [0.5, 0.6) is 0 Å². The monoisotopic (exact) mass is 304 g/mol. The Morgan fingerprint density at radius 2 is 2.30 bits per heavy atom. The van der Waals surface area contributed by atoms with Gasteiger partial charge in [0.1, 0.15) is 6.61 Å². The van der Waals surface area contributed by atoms with Crippen molar-refractivity contribution in [2.75, 3.05) is 46.4 Å². The minimum Gasteiger partial charge on any atom is -0.377 e. The summed E-state index contributed by atoms with van der Waals surface area (Å²) in [5.74, 6) is 0.344. The van der Waals surface area contributed by atoms with Crippen molar-refractivity contribution >= 4 is 18.3 Å². The number of aromatic nitrogens is 1. The SMILES string of the molecule is COCc1cc(C(=O)NCCN2CCNCC2)no1.Cl. The molecule has 8 heteroatoms. The molecule has 114 valence electrons. The maximum atomic E-state index is 11.8. The number of hydrogen-bond donors (Lipinski definition) is 2. The van der Waals surface area contributed by atoms with Crippen LogP contribution in [0.1, 0.15) is 16.2 Å². The number of hydrogen-bond acceptors (Lipinski definition) is 6. The minimum atomic E-state index is -0.207. The van der Waals surface area contributed by atoms with Gasteiger partial charge in [-0.3, -0.25) is 9.69 Å². The van der Waals surface area contributed by atoms with Gasteiger partial charge in [0, 0.05) is 52.4 Å². The first-order valence-electron chi connectivity index (χ1n) is 6.45. The molecular weight excluding hydrogens is 284 g/mol. The second-order valence-electron chi connectivity index (χ2n) is 4.46. The van der Waals surface area contributed by atoms with E-state index < -0.39 is 0 Å². The summed E-state index contributed by atoms with van der Waals surface area (Å²) in [4.78, 5) is 14.1. The number of halogens is 1. The molecule has 0 saturated carbocycles. The van der Waals surface area contributed by atoms with E-state index in [1.807, 2.05) is 0 Å². The van der Waals surface area contributed by atoms with Crippen molar-refractivity contribution in [2.24, 2.45) is 0 Å². The fourth-order valence-electron chi connectivity index (χ4n) is 1.98. The number of methoxy groups -OCH3 is 1. The molecule has 0 atom stereocenters. The third kappa shape index (κ3) is 5.09. The van der Waals surface area contributed by atoms with Gasteiger partial charge in [-0.2, -0.15) is 0 Å². The van der Waals surface area contributed by atoms with Crippen molar-refractivity contribution in [1.29, 1.82) is 0 Å². The number of carbonyl (C=O) groups is 1. The quantitative estimate of drug-likeness (QED) is 0.763. The largest absolute Gasteiger partial charge is 0.377 e. The second kappa shape index (κ2) is 8.91. The van der Waals surface area contributed by atoms with Gasteiger partial charge in [-0.25, -0.2) is 0 Å². The molecule has 0 aliphatic carbocycles. The predicted molar refractivity (Wildman–Crippen MR) is 76.1 cm³/mol. The van der Waals surface area contributed by atoms with E-state index in [0.717, 1.165) is 32.7 Å². The zero-order valence-corrected chi connectivity index (χ0v) is 12.4. The van der Waals surface area contributed by atoms with Gasteiger partial charge in [-0.15, -0.1) is 12.4 Å². The van der Waals surface area contributed by atoms with Crippen LogP contribution in [0.2, 0.25) is 0 Å². The molecule has 0 radical (unpaired) electrons. The lowest BCUT2D eigenvalue weighted by Crippen LogP contribution is -2.46. The molecule has 0 spiro atoms. The number of carbonyl (C=O) groups excluding carboxylic acids is 1. The Kier molecular flexibility index (Phi) is 7.53. The molecule has 20 heavy (non-hydrogen) atoms. The lowest BCUT2D eigenvalue weighted by atomic mass is 10.3. The van der Waals surface area contributed by atoms with Gasteiger partial charge in [0.25, 0.3) is 5.91 Å². The van der Waals surface area contributed by atoms with Crippen molar-refractivity contribution in [1.82, 2.24) is 20.7 Å². The molecule has 0 unspecified atom stereocenters. The maximum absolute atomic E-state index is 11.8. The molecule has 2 heterocycles. The van der Waals surface area contributed by atoms with Crippen LogP contribution >= 0.6 is 12.4 Å². The highest BCUT2D eigenvalue weighted by molar-refractivity contribution is 5.92. The topological polar surface area (TPSA) is 79.6 Å². The third-order valence-electron chi connectivity index (χ3n) is 3.00. The van der Waals surface area contributed by atoms with E-state index in [2.05, 4.69) is 20.7 Å². The van der Waals surface area contributed by atoms with E-state index in [4.69, 9.17) is 9.26 Å². The maximum Gasteiger partial charge on any atom is 0.273 e. The molecule has 1 fully saturated rings. The van der Waals surface area contributed by atoms with E-state index in [1.165, 1.54) is 0 Å². The third-order valence-corrected chi connectivity index (χ3v) is 3.00. The Morgan fingerprint density at radius 1 is 1.55 bits per heavy atom. The average Bonchev–Trinajstić information content (AvgIpc) is 2.89. The van der Waals surface area contributed by atoms with Gasteiger partial charge in [0.15, 0.2) is 11.5 Å². The summed E-state index contributed by atoms with van der Waals surface area (Å²) in [6, 6.07) is 1.60. The van der Waals surface area contributed by atoms with Crippen LogP contribution in [0.3, 0.4) is 0 Å². The van der Waals surface area contributed by atoms with Gasteiger partial charge in [0.2, 0.25) is 0 Å². The Balaban J connectivity index is 0.00000200. The number of nitrogens with zero attached hydrogens (tertiary/aromatic N) is 2. The number of nitrogens with one attached hydrogen (secondary N) is 2. The standard InChI is InChI=1S/C12H20N4O3.ClH/c1-18-9-10-8-11(15-19-10)12(17)14-4-7-16-5-2-13-3-6-16;/h8,13H,2-7,9H2,1H3,(H,14,17);1H. The normalized spacial score (nSPS) is 15.7. The Morgan fingerprint density at radius 3 is 3.00 bits per heavy atom. The summed E-state index contributed by atoms with van der Waals surface area (Å²) in [6.45, 7) is 5.87. The van der Waals surface area contributed by atoms with Crippen LogP contribution in [0, 0.1) is 0 Å². The number of piperazine rings is 1. The van der Waals surface area contributed by atoms with E-state index in [0.29, 0.717) is 24.6 Å².